The van der Waals surface area contributed by atoms with E-state index in [2.05, 4.69) is 15.5 Å². The Morgan fingerprint density at radius 2 is 1.86 bits per heavy atom. The number of hydrogen-bond donors (Lipinski definition) is 1. The molecule has 1 aromatic heterocycles. The molecule has 152 valence electrons. The van der Waals surface area contributed by atoms with Crippen LogP contribution in [0.4, 0.5) is 22.7 Å². The molecular formula is C19H15F4N3O2S. The van der Waals surface area contributed by atoms with E-state index in [0.29, 0.717) is 22.0 Å². The molecular weight excluding hydrogens is 410 g/mol. The van der Waals surface area contributed by atoms with Gasteiger partial charge in [-0.2, -0.15) is 13.9 Å². The smallest absolute Gasteiger partial charge is 0.203 e. The molecule has 1 N–H and O–H groups in total. The van der Waals surface area contributed by atoms with Gasteiger partial charge in [-0.05, 0) is 30.7 Å². The van der Waals surface area contributed by atoms with Crippen LogP contribution in [-0.4, -0.2) is 18.3 Å². The molecule has 0 unspecified atom stereocenters. The van der Waals surface area contributed by atoms with Crippen molar-refractivity contribution in [1.29, 1.82) is 0 Å². The molecule has 0 aliphatic rings. The van der Waals surface area contributed by atoms with E-state index in [1.54, 1.807) is 18.2 Å². The highest BCUT2D eigenvalue weighted by atomic mass is 32.1. The molecule has 0 radical (unpaired) electrons. The zero-order chi connectivity index (χ0) is 21.0. The molecule has 0 aliphatic carbocycles. The van der Waals surface area contributed by atoms with Gasteiger partial charge in [-0.3, -0.25) is 5.43 Å². The first-order valence-corrected chi connectivity index (χ1v) is 9.11. The van der Waals surface area contributed by atoms with E-state index in [-0.39, 0.29) is 12.7 Å². The topological polar surface area (TPSA) is 55.7 Å². The number of benzene rings is 2. The lowest BCUT2D eigenvalue weighted by molar-refractivity contribution is 0.256. The van der Waals surface area contributed by atoms with E-state index in [1.165, 1.54) is 24.7 Å². The standard InChI is InChI=1S/C19H15F4N3O2S/c1-10-9-29-19(25-10)26-24-7-11-3-4-15(27-2)12(5-11)8-28-18-16(22)13(20)6-14(21)17(18)23/h3-7,9H,8H2,1-2H3,(H,25,26). The predicted molar refractivity (Wildman–Crippen MR) is 102 cm³/mol. The van der Waals surface area contributed by atoms with Crippen molar-refractivity contribution in [1.82, 2.24) is 4.98 Å². The van der Waals surface area contributed by atoms with Gasteiger partial charge in [-0.1, -0.05) is 0 Å². The van der Waals surface area contributed by atoms with E-state index in [9.17, 15) is 17.6 Å². The van der Waals surface area contributed by atoms with Crippen molar-refractivity contribution >= 4 is 22.7 Å². The Labute approximate surface area is 167 Å². The number of aryl methyl sites for hydroxylation is 1. The predicted octanol–water partition coefficient (Wildman–Crippen LogP) is 5.04. The summed E-state index contributed by atoms with van der Waals surface area (Å²) in [6, 6.07) is 5.02. The van der Waals surface area contributed by atoms with Crippen LogP contribution in [0.5, 0.6) is 11.5 Å². The highest BCUT2D eigenvalue weighted by Gasteiger charge is 2.21. The second kappa shape index (κ2) is 8.91. The Morgan fingerprint density at radius 3 is 2.48 bits per heavy atom. The number of halogens is 4. The summed E-state index contributed by atoms with van der Waals surface area (Å²) >= 11 is 1.40. The van der Waals surface area contributed by atoms with Gasteiger partial charge >= 0.3 is 0 Å². The van der Waals surface area contributed by atoms with Gasteiger partial charge in [0.2, 0.25) is 16.8 Å². The first-order valence-electron chi connectivity index (χ1n) is 8.23. The number of rotatable bonds is 7. The van der Waals surface area contributed by atoms with E-state index >= 15 is 0 Å². The summed E-state index contributed by atoms with van der Waals surface area (Å²) in [7, 11) is 1.40. The lowest BCUT2D eigenvalue weighted by Gasteiger charge is -2.12. The Bertz CT molecular complexity index is 1030. The van der Waals surface area contributed by atoms with Gasteiger partial charge in [0, 0.05) is 17.0 Å². The quantitative estimate of drug-likeness (QED) is 0.249. The van der Waals surface area contributed by atoms with Crippen LogP contribution in [-0.2, 0) is 6.61 Å². The molecule has 0 saturated carbocycles. The summed E-state index contributed by atoms with van der Waals surface area (Å²) in [5, 5.41) is 6.55. The van der Waals surface area contributed by atoms with Crippen molar-refractivity contribution in [2.24, 2.45) is 5.10 Å². The van der Waals surface area contributed by atoms with Crippen molar-refractivity contribution in [2.45, 2.75) is 13.5 Å². The minimum Gasteiger partial charge on any atom is -0.496 e. The highest BCUT2D eigenvalue weighted by Crippen LogP contribution is 2.29. The average molecular weight is 425 g/mol. The second-order valence-electron chi connectivity index (χ2n) is 5.82. The van der Waals surface area contributed by atoms with Gasteiger partial charge in [0.25, 0.3) is 0 Å². The zero-order valence-electron chi connectivity index (χ0n) is 15.3. The van der Waals surface area contributed by atoms with Gasteiger partial charge < -0.3 is 9.47 Å². The van der Waals surface area contributed by atoms with E-state index in [0.717, 1.165) is 5.69 Å². The maximum Gasteiger partial charge on any atom is 0.203 e. The van der Waals surface area contributed by atoms with Crippen LogP contribution in [0.2, 0.25) is 0 Å². The lowest BCUT2D eigenvalue weighted by Crippen LogP contribution is -2.05. The average Bonchev–Trinajstić information content (AvgIpc) is 3.11. The molecule has 0 saturated heterocycles. The molecule has 29 heavy (non-hydrogen) atoms. The van der Waals surface area contributed by atoms with Gasteiger partial charge in [0.05, 0.1) is 19.0 Å². The second-order valence-corrected chi connectivity index (χ2v) is 6.68. The summed E-state index contributed by atoms with van der Waals surface area (Å²) < 4.78 is 64.4. The molecule has 3 aromatic rings. The zero-order valence-corrected chi connectivity index (χ0v) is 16.1. The number of nitrogens with one attached hydrogen (secondary N) is 1. The molecule has 0 atom stereocenters. The van der Waals surface area contributed by atoms with Crippen LogP contribution in [0.1, 0.15) is 16.8 Å². The molecule has 0 bridgehead atoms. The molecule has 3 rings (SSSR count). The first-order chi connectivity index (χ1) is 13.9. The molecule has 0 fully saturated rings. The lowest BCUT2D eigenvalue weighted by atomic mass is 10.1. The van der Waals surface area contributed by atoms with Crippen molar-refractivity contribution in [3.63, 3.8) is 0 Å². The third-order valence-electron chi connectivity index (χ3n) is 3.74. The third kappa shape index (κ3) is 4.83. The number of hydrazone groups is 1. The molecule has 2 aromatic carbocycles. The van der Waals surface area contributed by atoms with Crippen LogP contribution >= 0.6 is 11.3 Å². The molecule has 10 heteroatoms. The van der Waals surface area contributed by atoms with Gasteiger partial charge in [-0.25, -0.2) is 13.8 Å². The SMILES string of the molecule is COc1ccc(C=NNc2nc(C)cs2)cc1COc1c(F)c(F)cc(F)c1F. The third-order valence-corrected chi connectivity index (χ3v) is 4.61. The first kappa shape index (κ1) is 20.6. The van der Waals surface area contributed by atoms with Gasteiger partial charge in [0.15, 0.2) is 17.4 Å². The molecule has 5 nitrogen and oxygen atoms in total. The maximum absolute atomic E-state index is 13.8. The maximum atomic E-state index is 13.8. The number of anilines is 1. The number of thiazole rings is 1. The van der Waals surface area contributed by atoms with Crippen molar-refractivity contribution < 1.29 is 27.0 Å². The number of nitrogens with zero attached hydrogens (tertiary/aromatic N) is 2. The van der Waals surface area contributed by atoms with Crippen LogP contribution in [0.15, 0.2) is 34.7 Å². The number of methoxy groups -OCH3 is 1. The van der Waals surface area contributed by atoms with Crippen LogP contribution < -0.4 is 14.9 Å². The van der Waals surface area contributed by atoms with E-state index in [4.69, 9.17) is 9.47 Å². The van der Waals surface area contributed by atoms with Gasteiger partial charge in [0.1, 0.15) is 12.4 Å². The summed E-state index contributed by atoms with van der Waals surface area (Å²) in [5.41, 5.74) is 4.66. The number of ether oxygens (including phenoxy) is 2. The molecule has 1 heterocycles. The highest BCUT2D eigenvalue weighted by molar-refractivity contribution is 7.13. The molecule has 0 spiro atoms. The Balaban J connectivity index is 1.77. The fourth-order valence-electron chi connectivity index (χ4n) is 2.39. The van der Waals surface area contributed by atoms with Crippen molar-refractivity contribution in [2.75, 3.05) is 12.5 Å². The molecule has 0 amide bonds. The Kier molecular flexibility index (Phi) is 6.32. The monoisotopic (exact) mass is 425 g/mol. The number of aromatic nitrogens is 1. The van der Waals surface area contributed by atoms with Crippen LogP contribution in [0, 0.1) is 30.2 Å². The van der Waals surface area contributed by atoms with Crippen LogP contribution in [0.3, 0.4) is 0 Å². The largest absolute Gasteiger partial charge is 0.496 e. The summed E-state index contributed by atoms with van der Waals surface area (Å²) in [6.07, 6.45) is 1.50. The van der Waals surface area contributed by atoms with E-state index in [1.807, 2.05) is 12.3 Å². The summed E-state index contributed by atoms with van der Waals surface area (Å²) in [4.78, 5) is 4.20. The van der Waals surface area contributed by atoms with E-state index < -0.39 is 29.0 Å². The minimum absolute atomic E-state index is 0.117. The van der Waals surface area contributed by atoms with Crippen molar-refractivity contribution in [3.05, 3.63) is 69.7 Å². The Hall–Kier alpha value is -3.14. The van der Waals surface area contributed by atoms with Crippen LogP contribution in [0.25, 0.3) is 0 Å². The molecule has 0 aliphatic heterocycles. The van der Waals surface area contributed by atoms with Crippen molar-refractivity contribution in [3.8, 4) is 11.5 Å². The fourth-order valence-corrected chi connectivity index (χ4v) is 3.02. The number of hydrogen-bond acceptors (Lipinski definition) is 6. The normalized spacial score (nSPS) is 11.1. The summed E-state index contributed by atoms with van der Waals surface area (Å²) in [6.45, 7) is 1.47. The minimum atomic E-state index is -1.61. The Morgan fingerprint density at radius 1 is 1.14 bits per heavy atom. The fraction of sp³-hybridized carbons (Fsp3) is 0.158. The van der Waals surface area contributed by atoms with Gasteiger partial charge in [-0.15, -0.1) is 11.3 Å². The summed E-state index contributed by atoms with van der Waals surface area (Å²) in [5.74, 6) is -7.08.